The van der Waals surface area contributed by atoms with Crippen LogP contribution in [0, 0.1) is 11.3 Å². The summed E-state index contributed by atoms with van der Waals surface area (Å²) in [6.45, 7) is 2.35. The summed E-state index contributed by atoms with van der Waals surface area (Å²) in [4.78, 5) is 13.6. The number of carbonyl (C=O) groups excluding carboxylic acids is 1. The van der Waals surface area contributed by atoms with Gasteiger partial charge in [-0.3, -0.25) is 10.1 Å². The Morgan fingerprint density at radius 3 is 2.39 bits per heavy atom. The van der Waals surface area contributed by atoms with Crippen LogP contribution >= 0.6 is 11.3 Å². The fourth-order valence-corrected chi connectivity index (χ4v) is 3.81. The van der Waals surface area contributed by atoms with Gasteiger partial charge < -0.3 is 5.32 Å². The van der Waals surface area contributed by atoms with Gasteiger partial charge in [-0.05, 0) is 46.7 Å². The third-order valence-electron chi connectivity index (χ3n) is 4.54. The number of nitrogens with one attached hydrogen (secondary N) is 2. The molecule has 4 nitrogen and oxygen atoms in total. The second-order valence-corrected chi connectivity index (χ2v) is 7.48. The first-order valence-corrected chi connectivity index (χ1v) is 10.2. The lowest BCUT2D eigenvalue weighted by Gasteiger charge is -2.18. The van der Waals surface area contributed by atoms with Gasteiger partial charge in [-0.25, -0.2) is 0 Å². The van der Waals surface area contributed by atoms with Gasteiger partial charge in [-0.1, -0.05) is 49.4 Å². The first kappa shape index (κ1) is 19.8. The fraction of sp³-hybridized carbons (Fsp3) is 0.217. The first-order chi connectivity index (χ1) is 13.7. The molecule has 28 heavy (non-hydrogen) atoms. The monoisotopic (exact) mass is 389 g/mol. The average Bonchev–Trinajstić information content (AvgIpc) is 3.25. The predicted molar refractivity (Wildman–Crippen MR) is 114 cm³/mol. The van der Waals surface area contributed by atoms with Gasteiger partial charge in [0, 0.05) is 10.6 Å². The van der Waals surface area contributed by atoms with Gasteiger partial charge in [0.2, 0.25) is 5.91 Å². The highest BCUT2D eigenvalue weighted by Gasteiger charge is 2.16. The summed E-state index contributed by atoms with van der Waals surface area (Å²) in [5.74, 6) is -0.0974. The first-order valence-electron chi connectivity index (χ1n) is 9.31. The molecule has 0 aliphatic rings. The van der Waals surface area contributed by atoms with Crippen molar-refractivity contribution in [3.05, 3.63) is 87.6 Å². The van der Waals surface area contributed by atoms with E-state index in [2.05, 4.69) is 54.0 Å². The molecule has 142 valence electrons. The fourth-order valence-electron chi connectivity index (χ4n) is 2.98. The highest BCUT2D eigenvalue weighted by molar-refractivity contribution is 7.10. The summed E-state index contributed by atoms with van der Waals surface area (Å²) in [6.07, 6.45) is 1.38. The van der Waals surface area contributed by atoms with E-state index in [9.17, 15) is 4.79 Å². The molecule has 0 fully saturated rings. The van der Waals surface area contributed by atoms with Crippen molar-refractivity contribution in [2.24, 2.45) is 0 Å². The summed E-state index contributed by atoms with van der Waals surface area (Å²) in [5, 5.41) is 17.1. The van der Waals surface area contributed by atoms with Gasteiger partial charge in [0.1, 0.15) is 0 Å². The molecule has 0 spiro atoms. The van der Waals surface area contributed by atoms with E-state index in [-0.39, 0.29) is 18.5 Å². The number of anilines is 1. The Bertz CT molecular complexity index is 925. The van der Waals surface area contributed by atoms with Gasteiger partial charge in [-0.15, -0.1) is 11.3 Å². The van der Waals surface area contributed by atoms with Crippen molar-refractivity contribution in [3.8, 4) is 6.07 Å². The third-order valence-corrected chi connectivity index (χ3v) is 5.47. The van der Waals surface area contributed by atoms with E-state index < -0.39 is 0 Å². The van der Waals surface area contributed by atoms with Crippen LogP contribution < -0.4 is 10.6 Å². The smallest absolute Gasteiger partial charge is 0.238 e. The number of amides is 1. The molecule has 5 heteroatoms. The molecule has 3 aromatic rings. The van der Waals surface area contributed by atoms with Crippen molar-refractivity contribution in [1.29, 1.82) is 5.26 Å². The maximum Gasteiger partial charge on any atom is 0.238 e. The Balaban J connectivity index is 1.64. The number of nitriles is 1. The number of hydrogen-bond donors (Lipinski definition) is 2. The zero-order valence-corrected chi connectivity index (χ0v) is 16.6. The van der Waals surface area contributed by atoms with E-state index in [0.717, 1.165) is 23.2 Å². The maximum absolute atomic E-state index is 12.4. The summed E-state index contributed by atoms with van der Waals surface area (Å²) in [6, 6.07) is 22.1. The van der Waals surface area contributed by atoms with E-state index >= 15 is 0 Å². The molecule has 1 aromatic heterocycles. The second-order valence-electron chi connectivity index (χ2n) is 6.50. The molecule has 0 aliphatic heterocycles. The van der Waals surface area contributed by atoms with Crippen molar-refractivity contribution >= 4 is 22.9 Å². The number of aryl methyl sites for hydroxylation is 1. The molecule has 0 saturated heterocycles. The molecule has 3 rings (SSSR count). The summed E-state index contributed by atoms with van der Waals surface area (Å²) < 4.78 is 0. The van der Waals surface area contributed by atoms with Crippen LogP contribution in [0.5, 0.6) is 0 Å². The summed E-state index contributed by atoms with van der Waals surface area (Å²) in [5.41, 5.74) is 4.11. The predicted octanol–water partition coefficient (Wildman–Crippen LogP) is 4.69. The molecule has 0 saturated carbocycles. The SMILES string of the molecule is CCc1ccc([C@H](NCC(=O)Nc2ccc(CC#N)cc2)c2cccs2)cc1. The Morgan fingerprint density at radius 1 is 1.07 bits per heavy atom. The highest BCUT2D eigenvalue weighted by atomic mass is 32.1. The zero-order chi connectivity index (χ0) is 19.8. The normalized spacial score (nSPS) is 11.6. The quantitative estimate of drug-likeness (QED) is 0.587. The second kappa shape index (κ2) is 9.84. The third kappa shape index (κ3) is 5.29. The topological polar surface area (TPSA) is 64.9 Å². The lowest BCUT2D eigenvalue weighted by atomic mass is 10.0. The van der Waals surface area contributed by atoms with E-state index in [0.29, 0.717) is 6.42 Å². The number of rotatable bonds is 8. The van der Waals surface area contributed by atoms with Crippen molar-refractivity contribution in [2.75, 3.05) is 11.9 Å². The number of carbonyl (C=O) groups is 1. The van der Waals surface area contributed by atoms with Crippen LogP contribution in [0.3, 0.4) is 0 Å². The van der Waals surface area contributed by atoms with E-state index in [1.54, 1.807) is 11.3 Å². The van der Waals surface area contributed by atoms with Crippen LogP contribution in [-0.2, 0) is 17.6 Å². The highest BCUT2D eigenvalue weighted by Crippen LogP contribution is 2.26. The van der Waals surface area contributed by atoms with Gasteiger partial charge in [0.15, 0.2) is 0 Å². The molecule has 1 atom stereocenters. The van der Waals surface area contributed by atoms with Gasteiger partial charge in [-0.2, -0.15) is 5.26 Å². The van der Waals surface area contributed by atoms with E-state index in [1.807, 2.05) is 35.7 Å². The van der Waals surface area contributed by atoms with Crippen molar-refractivity contribution < 1.29 is 4.79 Å². The molecule has 2 aromatic carbocycles. The minimum Gasteiger partial charge on any atom is -0.325 e. The Hall–Kier alpha value is -2.94. The van der Waals surface area contributed by atoms with Crippen LogP contribution in [0.1, 0.15) is 34.5 Å². The van der Waals surface area contributed by atoms with Crippen molar-refractivity contribution in [3.63, 3.8) is 0 Å². The molecule has 0 unspecified atom stereocenters. The minimum absolute atomic E-state index is 0.0188. The average molecular weight is 390 g/mol. The van der Waals surface area contributed by atoms with E-state index in [1.165, 1.54) is 10.4 Å². The molecule has 0 radical (unpaired) electrons. The molecule has 0 aliphatic carbocycles. The van der Waals surface area contributed by atoms with Crippen LogP contribution in [0.2, 0.25) is 0 Å². The van der Waals surface area contributed by atoms with Crippen molar-refractivity contribution in [1.82, 2.24) is 5.32 Å². The minimum atomic E-state index is -0.0974. The summed E-state index contributed by atoms with van der Waals surface area (Å²) in [7, 11) is 0. The van der Waals surface area contributed by atoms with Crippen LogP contribution in [0.15, 0.2) is 66.0 Å². The Labute approximate surface area is 169 Å². The van der Waals surface area contributed by atoms with Gasteiger partial charge in [0.05, 0.1) is 25.1 Å². The molecule has 1 heterocycles. The Kier molecular flexibility index (Phi) is 6.96. The number of hydrogen-bond acceptors (Lipinski definition) is 4. The zero-order valence-electron chi connectivity index (χ0n) is 15.8. The maximum atomic E-state index is 12.4. The standard InChI is InChI=1S/C23H23N3OS/c1-2-17-5-9-19(10-6-17)23(21-4-3-15-28-21)25-16-22(27)26-20-11-7-18(8-12-20)13-14-24/h3-12,15,23,25H,2,13,16H2,1H3,(H,26,27)/t23-/m0/s1. The van der Waals surface area contributed by atoms with Crippen LogP contribution in [0.4, 0.5) is 5.69 Å². The molecule has 2 N–H and O–H groups in total. The van der Waals surface area contributed by atoms with E-state index in [4.69, 9.17) is 5.26 Å². The van der Waals surface area contributed by atoms with Gasteiger partial charge in [0.25, 0.3) is 0 Å². The Morgan fingerprint density at radius 2 is 1.79 bits per heavy atom. The van der Waals surface area contributed by atoms with Crippen LogP contribution in [0.25, 0.3) is 0 Å². The van der Waals surface area contributed by atoms with Crippen molar-refractivity contribution in [2.45, 2.75) is 25.8 Å². The molecule has 1 amide bonds. The van der Waals surface area contributed by atoms with Crippen LogP contribution in [-0.4, -0.2) is 12.5 Å². The lowest BCUT2D eigenvalue weighted by Crippen LogP contribution is -2.31. The van der Waals surface area contributed by atoms with Gasteiger partial charge >= 0.3 is 0 Å². The largest absolute Gasteiger partial charge is 0.325 e. The number of nitrogens with zero attached hydrogens (tertiary/aromatic N) is 1. The molecular weight excluding hydrogens is 366 g/mol. The molecule has 0 bridgehead atoms. The summed E-state index contributed by atoms with van der Waals surface area (Å²) >= 11 is 1.68. The number of benzene rings is 2. The molecular formula is C23H23N3OS. The lowest BCUT2D eigenvalue weighted by molar-refractivity contribution is -0.115. The number of thiophene rings is 1.